The van der Waals surface area contributed by atoms with Crippen LogP contribution < -0.4 is 10.6 Å². The van der Waals surface area contributed by atoms with E-state index in [1.54, 1.807) is 4.90 Å². The Hall–Kier alpha value is -1.92. The highest BCUT2D eigenvalue weighted by Crippen LogP contribution is 2.24. The van der Waals surface area contributed by atoms with Crippen molar-refractivity contribution in [1.29, 1.82) is 0 Å². The van der Waals surface area contributed by atoms with Crippen LogP contribution in [0.5, 0.6) is 0 Å². The zero-order valence-electron chi connectivity index (χ0n) is 12.1. The van der Waals surface area contributed by atoms with E-state index in [4.69, 9.17) is 10.5 Å². The van der Waals surface area contributed by atoms with Crippen LogP contribution in [0, 0.1) is 0 Å². The molecule has 1 aliphatic heterocycles. The van der Waals surface area contributed by atoms with Crippen molar-refractivity contribution in [3.8, 4) is 0 Å². The fourth-order valence-corrected chi connectivity index (χ4v) is 2.30. The second-order valence-corrected chi connectivity index (χ2v) is 4.90. The molecule has 1 heterocycles. The van der Waals surface area contributed by atoms with E-state index >= 15 is 0 Å². The molecule has 114 valence electrons. The highest BCUT2D eigenvalue weighted by molar-refractivity contribution is 5.94. The summed E-state index contributed by atoms with van der Waals surface area (Å²) in [6.45, 7) is 1.49. The van der Waals surface area contributed by atoms with Gasteiger partial charge in [-0.1, -0.05) is 18.2 Å². The lowest BCUT2D eigenvalue weighted by Crippen LogP contribution is -2.36. The largest absolute Gasteiger partial charge is 0.468 e. The van der Waals surface area contributed by atoms with E-state index in [9.17, 15) is 9.59 Å². The lowest BCUT2D eigenvalue weighted by atomic mass is 10.1. The summed E-state index contributed by atoms with van der Waals surface area (Å²) in [6, 6.07) is 6.90. The summed E-state index contributed by atoms with van der Waals surface area (Å²) in [5.41, 5.74) is 7.52. The number of hydrogen-bond donors (Lipinski definition) is 1. The number of rotatable bonds is 4. The quantitative estimate of drug-likeness (QED) is 0.831. The Labute approximate surface area is 123 Å². The molecule has 1 amide bonds. The van der Waals surface area contributed by atoms with E-state index in [1.807, 2.05) is 24.3 Å². The number of para-hydroxylation sites is 1. The Balaban J connectivity index is 2.04. The van der Waals surface area contributed by atoms with Gasteiger partial charge in [0, 0.05) is 24.2 Å². The van der Waals surface area contributed by atoms with Crippen LogP contribution in [-0.2, 0) is 25.7 Å². The molecule has 0 fully saturated rings. The first-order chi connectivity index (χ1) is 10.1. The predicted molar refractivity (Wildman–Crippen MR) is 77.7 cm³/mol. The van der Waals surface area contributed by atoms with Crippen molar-refractivity contribution in [3.63, 3.8) is 0 Å². The van der Waals surface area contributed by atoms with Crippen LogP contribution in [0.4, 0.5) is 5.69 Å². The molecule has 0 aromatic heterocycles. The normalized spacial score (nSPS) is 15.8. The number of hydrogen-bond acceptors (Lipinski definition) is 5. The number of carbonyl (C=O) groups is 2. The minimum Gasteiger partial charge on any atom is -0.468 e. The van der Waals surface area contributed by atoms with Crippen LogP contribution in [0.1, 0.15) is 18.4 Å². The molecular formula is C15H20N2O4. The van der Waals surface area contributed by atoms with Gasteiger partial charge in [-0.25, -0.2) is 0 Å². The molecule has 0 saturated carbocycles. The Morgan fingerprint density at radius 3 is 2.95 bits per heavy atom. The van der Waals surface area contributed by atoms with Gasteiger partial charge in [-0.15, -0.1) is 0 Å². The average molecular weight is 292 g/mol. The monoisotopic (exact) mass is 292 g/mol. The van der Waals surface area contributed by atoms with Crippen LogP contribution in [0.2, 0.25) is 0 Å². The summed E-state index contributed by atoms with van der Waals surface area (Å²) in [4.78, 5) is 25.4. The third kappa shape index (κ3) is 3.80. The number of nitrogens with two attached hydrogens (primary N) is 1. The molecule has 0 saturated heterocycles. The topological polar surface area (TPSA) is 81.9 Å². The first-order valence-electron chi connectivity index (χ1n) is 6.93. The second kappa shape index (κ2) is 7.19. The summed E-state index contributed by atoms with van der Waals surface area (Å²) in [5.74, 6) is -0.560. The van der Waals surface area contributed by atoms with Crippen LogP contribution in [0.25, 0.3) is 0 Å². The lowest BCUT2D eigenvalue weighted by molar-refractivity contribution is -0.142. The van der Waals surface area contributed by atoms with E-state index in [1.165, 1.54) is 7.11 Å². The lowest BCUT2D eigenvalue weighted by Gasteiger charge is -2.22. The van der Waals surface area contributed by atoms with Gasteiger partial charge in [-0.05, 0) is 12.5 Å². The number of fused-ring (bicyclic) bond motifs is 1. The number of esters is 1. The van der Waals surface area contributed by atoms with Gasteiger partial charge in [-0.3, -0.25) is 9.59 Å². The van der Waals surface area contributed by atoms with Crippen molar-refractivity contribution < 1.29 is 19.1 Å². The summed E-state index contributed by atoms with van der Waals surface area (Å²) in [5, 5.41) is 0. The van der Waals surface area contributed by atoms with E-state index < -0.39 is 12.0 Å². The molecule has 1 atom stereocenters. The van der Waals surface area contributed by atoms with Crippen molar-refractivity contribution in [3.05, 3.63) is 29.8 Å². The van der Waals surface area contributed by atoms with E-state index in [0.717, 1.165) is 11.3 Å². The predicted octanol–water partition coefficient (Wildman–Crippen LogP) is 0.830. The van der Waals surface area contributed by atoms with E-state index in [2.05, 4.69) is 4.74 Å². The van der Waals surface area contributed by atoms with Crippen molar-refractivity contribution in [2.24, 2.45) is 5.73 Å². The van der Waals surface area contributed by atoms with Crippen molar-refractivity contribution in [1.82, 2.24) is 0 Å². The van der Waals surface area contributed by atoms with Crippen LogP contribution in [0.15, 0.2) is 24.3 Å². The van der Waals surface area contributed by atoms with Crippen LogP contribution in [0.3, 0.4) is 0 Å². The molecular weight excluding hydrogens is 272 g/mol. The average Bonchev–Trinajstić information content (AvgIpc) is 2.73. The summed E-state index contributed by atoms with van der Waals surface area (Å²) in [7, 11) is 1.28. The van der Waals surface area contributed by atoms with Gasteiger partial charge >= 0.3 is 5.97 Å². The molecule has 1 aliphatic rings. The Morgan fingerprint density at radius 1 is 1.43 bits per heavy atom. The van der Waals surface area contributed by atoms with Gasteiger partial charge in [0.1, 0.15) is 6.04 Å². The number of amides is 1. The maximum atomic E-state index is 12.4. The molecule has 0 spiro atoms. The molecule has 1 aromatic rings. The number of benzene rings is 1. The van der Waals surface area contributed by atoms with Gasteiger partial charge in [0.2, 0.25) is 5.91 Å². The standard InChI is InChI=1S/C15H20N2O4/c1-20-15(19)12(16)6-7-14(18)17-8-9-21-10-11-4-2-3-5-13(11)17/h2-5,12H,6-10,16H2,1H3/t12-/m0/s1. The first-order valence-corrected chi connectivity index (χ1v) is 6.93. The first kappa shape index (κ1) is 15.5. The molecule has 0 unspecified atom stereocenters. The zero-order valence-corrected chi connectivity index (χ0v) is 12.1. The molecule has 1 aromatic carbocycles. The SMILES string of the molecule is COC(=O)[C@@H](N)CCC(=O)N1CCOCc2ccccc21. The number of carbonyl (C=O) groups excluding carboxylic acids is 2. The van der Waals surface area contributed by atoms with Crippen molar-refractivity contribution in [2.45, 2.75) is 25.5 Å². The van der Waals surface area contributed by atoms with E-state index in [0.29, 0.717) is 19.8 Å². The third-order valence-electron chi connectivity index (χ3n) is 3.47. The molecule has 0 aliphatic carbocycles. The van der Waals surface area contributed by atoms with Crippen molar-refractivity contribution >= 4 is 17.6 Å². The fraction of sp³-hybridized carbons (Fsp3) is 0.467. The molecule has 0 bridgehead atoms. The number of anilines is 1. The molecule has 6 nitrogen and oxygen atoms in total. The van der Waals surface area contributed by atoms with Crippen LogP contribution >= 0.6 is 0 Å². The molecule has 21 heavy (non-hydrogen) atoms. The van der Waals surface area contributed by atoms with Gasteiger partial charge < -0.3 is 20.1 Å². The minimum atomic E-state index is -0.766. The summed E-state index contributed by atoms with van der Waals surface area (Å²) < 4.78 is 10.0. The van der Waals surface area contributed by atoms with E-state index in [-0.39, 0.29) is 18.7 Å². The smallest absolute Gasteiger partial charge is 0.322 e. The Kier molecular flexibility index (Phi) is 5.30. The molecule has 0 radical (unpaired) electrons. The van der Waals surface area contributed by atoms with Gasteiger partial charge in [0.05, 0.1) is 20.3 Å². The summed E-state index contributed by atoms with van der Waals surface area (Å²) in [6.07, 6.45) is 0.468. The molecule has 2 N–H and O–H groups in total. The molecule has 6 heteroatoms. The fourth-order valence-electron chi connectivity index (χ4n) is 2.30. The Morgan fingerprint density at radius 2 is 2.19 bits per heavy atom. The number of ether oxygens (including phenoxy) is 2. The zero-order chi connectivity index (χ0) is 15.2. The maximum absolute atomic E-state index is 12.4. The third-order valence-corrected chi connectivity index (χ3v) is 3.47. The van der Waals surface area contributed by atoms with Gasteiger partial charge in [-0.2, -0.15) is 0 Å². The number of methoxy groups -OCH3 is 1. The highest BCUT2D eigenvalue weighted by atomic mass is 16.5. The summed E-state index contributed by atoms with van der Waals surface area (Å²) >= 11 is 0. The number of nitrogens with zero attached hydrogens (tertiary/aromatic N) is 1. The van der Waals surface area contributed by atoms with Crippen molar-refractivity contribution in [2.75, 3.05) is 25.2 Å². The van der Waals surface area contributed by atoms with Gasteiger partial charge in [0.15, 0.2) is 0 Å². The molecule has 2 rings (SSSR count). The maximum Gasteiger partial charge on any atom is 0.322 e. The Bertz CT molecular complexity index is 518. The highest BCUT2D eigenvalue weighted by Gasteiger charge is 2.23. The minimum absolute atomic E-state index is 0.0627. The second-order valence-electron chi connectivity index (χ2n) is 4.90. The van der Waals surface area contributed by atoms with Gasteiger partial charge in [0.25, 0.3) is 0 Å². The van der Waals surface area contributed by atoms with Crippen LogP contribution in [-0.4, -0.2) is 38.2 Å².